The van der Waals surface area contributed by atoms with Gasteiger partial charge in [0.25, 0.3) is 0 Å². The molecule has 0 heterocycles. The van der Waals surface area contributed by atoms with Gasteiger partial charge in [0.05, 0.1) is 18.1 Å². The van der Waals surface area contributed by atoms with Gasteiger partial charge in [0.15, 0.2) is 0 Å². The largest absolute Gasteiger partial charge is 0.494 e. The maximum atomic E-state index is 11.3. The molecule has 0 unspecified atom stereocenters. The first-order valence-electron chi connectivity index (χ1n) is 5.35. The quantitative estimate of drug-likeness (QED) is 0.601. The third-order valence-electron chi connectivity index (χ3n) is 1.81. The first-order valence-corrected chi connectivity index (χ1v) is 6.50. The van der Waals surface area contributed by atoms with Crippen LogP contribution in [0.15, 0.2) is 24.3 Å². The molecular weight excluding hydrogens is 256 g/mol. The van der Waals surface area contributed by atoms with Gasteiger partial charge in [-0.1, -0.05) is 0 Å². The van der Waals surface area contributed by atoms with Gasteiger partial charge in [0.1, 0.15) is 11.5 Å². The molecule has 0 aliphatic heterocycles. The molecule has 0 bridgehead atoms. The van der Waals surface area contributed by atoms with Crippen molar-refractivity contribution in [3.8, 4) is 11.5 Å². The Morgan fingerprint density at radius 2 is 1.78 bits per heavy atom. The van der Waals surface area contributed by atoms with Crippen molar-refractivity contribution >= 4 is 23.7 Å². The zero-order valence-electron chi connectivity index (χ0n) is 9.92. The fourth-order valence-electron chi connectivity index (χ4n) is 1.15. The van der Waals surface area contributed by atoms with E-state index in [4.69, 9.17) is 14.6 Å². The molecule has 1 aromatic carbocycles. The number of thioether (sulfide) groups is 1. The number of carboxylic acid groups (broad SMARTS) is 1. The summed E-state index contributed by atoms with van der Waals surface area (Å²) in [4.78, 5) is 21.6. The summed E-state index contributed by atoms with van der Waals surface area (Å²) in [7, 11) is 0. The van der Waals surface area contributed by atoms with Crippen LogP contribution < -0.4 is 9.47 Å². The van der Waals surface area contributed by atoms with Gasteiger partial charge in [-0.15, -0.1) is 11.8 Å². The predicted molar refractivity (Wildman–Crippen MR) is 68.2 cm³/mol. The normalized spacial score (nSPS) is 9.83. The number of esters is 1. The monoisotopic (exact) mass is 270 g/mol. The smallest absolute Gasteiger partial charge is 0.321 e. The van der Waals surface area contributed by atoms with E-state index in [0.29, 0.717) is 18.1 Å². The highest BCUT2D eigenvalue weighted by molar-refractivity contribution is 8.00. The third-order valence-corrected chi connectivity index (χ3v) is 2.70. The molecule has 0 radical (unpaired) electrons. The predicted octanol–water partition coefficient (Wildman–Crippen LogP) is 1.81. The molecular formula is C12H14O5S. The van der Waals surface area contributed by atoms with E-state index in [2.05, 4.69) is 0 Å². The molecule has 0 aromatic heterocycles. The van der Waals surface area contributed by atoms with E-state index in [-0.39, 0.29) is 11.5 Å². The van der Waals surface area contributed by atoms with Crippen LogP contribution in [0.5, 0.6) is 11.5 Å². The zero-order valence-corrected chi connectivity index (χ0v) is 10.7. The molecule has 0 amide bonds. The van der Waals surface area contributed by atoms with Gasteiger partial charge in [-0.2, -0.15) is 0 Å². The van der Waals surface area contributed by atoms with Crippen molar-refractivity contribution in [3.63, 3.8) is 0 Å². The van der Waals surface area contributed by atoms with Crippen LogP contribution in [-0.4, -0.2) is 35.2 Å². The van der Waals surface area contributed by atoms with E-state index in [0.717, 1.165) is 11.8 Å². The van der Waals surface area contributed by atoms with Gasteiger partial charge in [-0.05, 0) is 31.2 Å². The Kier molecular flexibility index (Phi) is 6.07. The summed E-state index contributed by atoms with van der Waals surface area (Å²) in [6, 6.07) is 6.67. The van der Waals surface area contributed by atoms with Crippen LogP contribution in [0.2, 0.25) is 0 Å². The minimum Gasteiger partial charge on any atom is -0.494 e. The summed E-state index contributed by atoms with van der Waals surface area (Å²) >= 11 is 1.00. The number of carbonyl (C=O) groups excluding carboxylic acids is 1. The summed E-state index contributed by atoms with van der Waals surface area (Å²) in [6.07, 6.45) is 0. The highest BCUT2D eigenvalue weighted by Crippen LogP contribution is 2.18. The van der Waals surface area contributed by atoms with Crippen molar-refractivity contribution in [2.75, 3.05) is 18.1 Å². The van der Waals surface area contributed by atoms with E-state index >= 15 is 0 Å². The maximum Gasteiger partial charge on any atom is 0.321 e. The lowest BCUT2D eigenvalue weighted by Crippen LogP contribution is -2.12. The van der Waals surface area contributed by atoms with Crippen molar-refractivity contribution in [1.29, 1.82) is 0 Å². The molecule has 0 fully saturated rings. The summed E-state index contributed by atoms with van der Waals surface area (Å²) < 4.78 is 10.3. The second kappa shape index (κ2) is 7.60. The highest BCUT2D eigenvalue weighted by Gasteiger charge is 2.07. The summed E-state index contributed by atoms with van der Waals surface area (Å²) in [6.45, 7) is 2.46. The number of hydrogen-bond donors (Lipinski definition) is 1. The van der Waals surface area contributed by atoms with Crippen LogP contribution in [0, 0.1) is 0 Å². The average molecular weight is 270 g/mol. The highest BCUT2D eigenvalue weighted by atomic mass is 32.2. The summed E-state index contributed by atoms with van der Waals surface area (Å²) in [5.41, 5.74) is 0. The van der Waals surface area contributed by atoms with E-state index in [9.17, 15) is 9.59 Å². The number of benzene rings is 1. The number of ether oxygens (including phenoxy) is 2. The molecule has 18 heavy (non-hydrogen) atoms. The Morgan fingerprint density at radius 1 is 1.17 bits per heavy atom. The van der Waals surface area contributed by atoms with Crippen LogP contribution in [0.3, 0.4) is 0 Å². The topological polar surface area (TPSA) is 72.8 Å². The Hall–Kier alpha value is -1.69. The average Bonchev–Trinajstić information content (AvgIpc) is 2.31. The van der Waals surface area contributed by atoms with Crippen LogP contribution >= 0.6 is 11.8 Å². The molecule has 0 saturated heterocycles. The van der Waals surface area contributed by atoms with Gasteiger partial charge >= 0.3 is 11.9 Å². The van der Waals surface area contributed by atoms with Crippen molar-refractivity contribution in [2.45, 2.75) is 6.92 Å². The van der Waals surface area contributed by atoms with Crippen LogP contribution in [0.4, 0.5) is 0 Å². The molecule has 1 aromatic rings. The fourth-order valence-corrected chi connectivity index (χ4v) is 1.66. The molecule has 0 saturated carbocycles. The Bertz CT molecular complexity index is 401. The van der Waals surface area contributed by atoms with Gasteiger partial charge in [0, 0.05) is 0 Å². The standard InChI is InChI=1S/C12H14O5S/c1-2-16-9-3-5-10(6-4-9)17-12(15)8-18-7-11(13)14/h3-6H,2,7-8H2,1H3,(H,13,14). The Morgan fingerprint density at radius 3 is 2.33 bits per heavy atom. The Balaban J connectivity index is 2.37. The lowest BCUT2D eigenvalue weighted by atomic mass is 10.3. The molecule has 1 rings (SSSR count). The van der Waals surface area contributed by atoms with Gasteiger partial charge < -0.3 is 14.6 Å². The van der Waals surface area contributed by atoms with Crippen LogP contribution in [0.25, 0.3) is 0 Å². The van der Waals surface area contributed by atoms with E-state index in [1.54, 1.807) is 24.3 Å². The summed E-state index contributed by atoms with van der Waals surface area (Å²) in [5.74, 6) is -0.394. The van der Waals surface area contributed by atoms with E-state index < -0.39 is 11.9 Å². The second-order valence-electron chi connectivity index (χ2n) is 3.27. The van der Waals surface area contributed by atoms with Gasteiger partial charge in [-0.25, -0.2) is 0 Å². The van der Waals surface area contributed by atoms with Crippen molar-refractivity contribution < 1.29 is 24.2 Å². The first-order chi connectivity index (χ1) is 8.61. The molecule has 1 N–H and O–H groups in total. The number of rotatable bonds is 7. The van der Waals surface area contributed by atoms with Crippen LogP contribution in [-0.2, 0) is 9.59 Å². The number of aliphatic carboxylic acids is 1. The minimum atomic E-state index is -0.950. The number of carbonyl (C=O) groups is 2. The fraction of sp³-hybridized carbons (Fsp3) is 0.333. The molecule has 0 aliphatic rings. The molecule has 0 spiro atoms. The molecule has 0 atom stereocenters. The summed E-state index contributed by atoms with van der Waals surface area (Å²) in [5, 5.41) is 8.41. The second-order valence-corrected chi connectivity index (χ2v) is 4.25. The van der Waals surface area contributed by atoms with Crippen LogP contribution in [0.1, 0.15) is 6.92 Å². The minimum absolute atomic E-state index is 0.0134. The maximum absolute atomic E-state index is 11.3. The molecule has 98 valence electrons. The molecule has 0 aliphatic carbocycles. The van der Waals surface area contributed by atoms with Crippen molar-refractivity contribution in [1.82, 2.24) is 0 Å². The molecule has 6 heteroatoms. The number of carboxylic acids is 1. The van der Waals surface area contributed by atoms with Crippen molar-refractivity contribution in [2.24, 2.45) is 0 Å². The number of hydrogen-bond acceptors (Lipinski definition) is 5. The van der Waals surface area contributed by atoms with Crippen molar-refractivity contribution in [3.05, 3.63) is 24.3 Å². The lowest BCUT2D eigenvalue weighted by Gasteiger charge is -2.05. The SMILES string of the molecule is CCOc1ccc(OC(=O)CSCC(=O)O)cc1. The Labute approximate surface area is 109 Å². The first kappa shape index (κ1) is 14.4. The van der Waals surface area contributed by atoms with E-state index in [1.165, 1.54) is 0 Å². The van der Waals surface area contributed by atoms with E-state index in [1.807, 2.05) is 6.92 Å². The molecule has 5 nitrogen and oxygen atoms in total. The zero-order chi connectivity index (χ0) is 13.4. The lowest BCUT2D eigenvalue weighted by molar-refractivity contribution is -0.134. The third kappa shape index (κ3) is 5.58. The van der Waals surface area contributed by atoms with Gasteiger partial charge in [0.2, 0.25) is 0 Å². The van der Waals surface area contributed by atoms with Gasteiger partial charge in [-0.3, -0.25) is 9.59 Å².